The van der Waals surface area contributed by atoms with Crippen LogP contribution in [0.3, 0.4) is 0 Å². The molecule has 1 aromatic rings. The van der Waals surface area contributed by atoms with Crippen LogP contribution in [0.4, 0.5) is 10.5 Å². The molecule has 2 rings (SSSR count). The Hall–Kier alpha value is -2.05. The van der Waals surface area contributed by atoms with Crippen molar-refractivity contribution in [3.63, 3.8) is 0 Å². The van der Waals surface area contributed by atoms with E-state index in [0.717, 1.165) is 0 Å². The average molecular weight is 254 g/mol. The van der Waals surface area contributed by atoms with Gasteiger partial charge in [-0.05, 0) is 20.8 Å². The van der Waals surface area contributed by atoms with Gasteiger partial charge < -0.3 is 14.4 Å². The maximum absolute atomic E-state index is 11.9. The molecule has 7 heteroatoms. The smallest absolute Gasteiger partial charge is 0.415 e. The highest BCUT2D eigenvalue weighted by atomic mass is 16.6. The molecule has 1 aliphatic heterocycles. The fourth-order valence-electron chi connectivity index (χ4n) is 1.73. The number of carboxylic acid groups (broad SMARTS) is 1. The minimum absolute atomic E-state index is 0.205. The van der Waals surface area contributed by atoms with E-state index < -0.39 is 17.7 Å². The topological polar surface area (TPSA) is 92.9 Å². The van der Waals surface area contributed by atoms with E-state index in [9.17, 15) is 9.59 Å². The number of rotatable bonds is 1. The molecule has 18 heavy (non-hydrogen) atoms. The predicted molar refractivity (Wildman–Crippen MR) is 60.7 cm³/mol. The Kier molecular flexibility index (Phi) is 2.76. The summed E-state index contributed by atoms with van der Waals surface area (Å²) in [6.07, 6.45) is -0.127. The lowest BCUT2D eigenvalue weighted by atomic mass is 10.2. The van der Waals surface area contributed by atoms with E-state index in [1.165, 1.54) is 4.90 Å². The fraction of sp³-hybridized carbons (Fsp3) is 0.545. The third-order valence-electron chi connectivity index (χ3n) is 2.39. The lowest BCUT2D eigenvalue weighted by molar-refractivity contribution is 0.0582. The van der Waals surface area contributed by atoms with Crippen molar-refractivity contribution in [1.29, 1.82) is 0 Å². The first kappa shape index (κ1) is 12.4. The van der Waals surface area contributed by atoms with E-state index >= 15 is 0 Å². The van der Waals surface area contributed by atoms with Gasteiger partial charge in [-0.15, -0.1) is 0 Å². The number of fused-ring (bicyclic) bond motifs is 1. The zero-order chi connectivity index (χ0) is 13.5. The zero-order valence-corrected chi connectivity index (χ0v) is 10.4. The molecule has 1 aliphatic rings. The highest BCUT2D eigenvalue weighted by Gasteiger charge is 2.36. The number of carboxylic acids is 1. The van der Waals surface area contributed by atoms with Crippen LogP contribution in [0.15, 0.2) is 4.52 Å². The molecule has 0 saturated heterocycles. The van der Waals surface area contributed by atoms with E-state index in [1.54, 1.807) is 20.8 Å². The third-order valence-corrected chi connectivity index (χ3v) is 2.39. The van der Waals surface area contributed by atoms with Crippen molar-refractivity contribution in [1.82, 2.24) is 5.16 Å². The van der Waals surface area contributed by atoms with E-state index in [2.05, 4.69) is 5.16 Å². The number of carbonyl (C=O) groups excluding carboxylic acids is 1. The van der Waals surface area contributed by atoms with Gasteiger partial charge in [-0.1, -0.05) is 5.16 Å². The largest absolute Gasteiger partial charge is 0.475 e. The number of aromatic nitrogens is 1. The molecule has 1 amide bonds. The van der Waals surface area contributed by atoms with Crippen molar-refractivity contribution in [3.8, 4) is 0 Å². The van der Waals surface area contributed by atoms with Crippen molar-refractivity contribution in [3.05, 3.63) is 11.5 Å². The molecule has 0 bridgehead atoms. The van der Waals surface area contributed by atoms with E-state index in [4.69, 9.17) is 14.4 Å². The van der Waals surface area contributed by atoms with Crippen molar-refractivity contribution < 1.29 is 24.0 Å². The van der Waals surface area contributed by atoms with Gasteiger partial charge in [0.1, 0.15) is 17.0 Å². The Morgan fingerprint density at radius 3 is 2.67 bits per heavy atom. The van der Waals surface area contributed by atoms with Crippen LogP contribution >= 0.6 is 0 Å². The van der Waals surface area contributed by atoms with Gasteiger partial charge in [0.2, 0.25) is 0 Å². The van der Waals surface area contributed by atoms with Crippen LogP contribution in [-0.2, 0) is 11.2 Å². The number of carbonyl (C=O) groups is 2. The molecule has 0 spiro atoms. The second kappa shape index (κ2) is 4.01. The molecule has 0 aliphatic carbocycles. The summed E-state index contributed by atoms with van der Waals surface area (Å²) in [7, 11) is 0. The standard InChI is InChI=1S/C11H14N2O5/c1-11(2,3)17-10(16)13-5-4-6-7(13)8(9(14)15)18-12-6/h4-5H2,1-3H3,(H,14,15). The number of amides is 1. The van der Waals surface area contributed by atoms with Crippen LogP contribution in [0.5, 0.6) is 0 Å². The van der Waals surface area contributed by atoms with Gasteiger partial charge in [0.05, 0.1) is 0 Å². The second-order valence-electron chi connectivity index (χ2n) is 4.99. The van der Waals surface area contributed by atoms with Gasteiger partial charge in [0.15, 0.2) is 0 Å². The third kappa shape index (κ3) is 2.15. The summed E-state index contributed by atoms with van der Waals surface area (Å²) >= 11 is 0. The summed E-state index contributed by atoms with van der Waals surface area (Å²) in [5.41, 5.74) is 0.0374. The number of hydrogen-bond donors (Lipinski definition) is 1. The molecular formula is C11H14N2O5. The molecule has 0 radical (unpaired) electrons. The SMILES string of the molecule is CC(C)(C)OC(=O)N1CCc2noc(C(=O)O)c21. The molecule has 2 heterocycles. The first-order valence-corrected chi connectivity index (χ1v) is 5.52. The molecule has 0 aromatic carbocycles. The zero-order valence-electron chi connectivity index (χ0n) is 10.4. The molecule has 0 saturated carbocycles. The highest BCUT2D eigenvalue weighted by molar-refractivity contribution is 5.99. The second-order valence-corrected chi connectivity index (χ2v) is 4.99. The lowest BCUT2D eigenvalue weighted by Crippen LogP contribution is -2.36. The first-order valence-electron chi connectivity index (χ1n) is 5.52. The van der Waals surface area contributed by atoms with Crippen LogP contribution in [0.25, 0.3) is 0 Å². The minimum Gasteiger partial charge on any atom is -0.475 e. The van der Waals surface area contributed by atoms with Crippen LogP contribution in [0.1, 0.15) is 37.0 Å². The van der Waals surface area contributed by atoms with Crippen LogP contribution in [0, 0.1) is 0 Å². The fourth-order valence-corrected chi connectivity index (χ4v) is 1.73. The van der Waals surface area contributed by atoms with E-state index in [1.807, 2.05) is 0 Å². The molecular weight excluding hydrogens is 240 g/mol. The summed E-state index contributed by atoms with van der Waals surface area (Å²) in [6.45, 7) is 5.58. The Balaban J connectivity index is 2.28. The van der Waals surface area contributed by atoms with Crippen molar-refractivity contribution in [2.24, 2.45) is 0 Å². The molecule has 1 aromatic heterocycles. The first-order chi connectivity index (χ1) is 8.29. The van der Waals surface area contributed by atoms with Crippen molar-refractivity contribution in [2.75, 3.05) is 11.4 Å². The van der Waals surface area contributed by atoms with Crippen molar-refractivity contribution in [2.45, 2.75) is 32.8 Å². The maximum Gasteiger partial charge on any atom is 0.415 e. The number of nitrogens with zero attached hydrogens (tertiary/aromatic N) is 2. The summed E-state index contributed by atoms with van der Waals surface area (Å²) in [5, 5.41) is 12.6. The van der Waals surface area contributed by atoms with Gasteiger partial charge in [0.25, 0.3) is 5.76 Å². The summed E-state index contributed by atoms with van der Waals surface area (Å²) in [5.74, 6) is -1.58. The lowest BCUT2D eigenvalue weighted by Gasteiger charge is -2.24. The highest BCUT2D eigenvalue weighted by Crippen LogP contribution is 2.32. The summed E-state index contributed by atoms with van der Waals surface area (Å²) in [6, 6.07) is 0. The number of aromatic carboxylic acids is 1. The van der Waals surface area contributed by atoms with Gasteiger partial charge >= 0.3 is 12.1 Å². The van der Waals surface area contributed by atoms with Gasteiger partial charge in [0, 0.05) is 13.0 Å². The quantitative estimate of drug-likeness (QED) is 0.819. The van der Waals surface area contributed by atoms with Gasteiger partial charge in [-0.3, -0.25) is 4.90 Å². The predicted octanol–water partition coefficient (Wildman–Crippen LogP) is 1.67. The van der Waals surface area contributed by atoms with Gasteiger partial charge in [-0.2, -0.15) is 0 Å². The normalized spacial score (nSPS) is 14.5. The number of ether oxygens (including phenoxy) is 1. The number of anilines is 1. The molecule has 1 N–H and O–H groups in total. The molecule has 7 nitrogen and oxygen atoms in total. The molecule has 0 atom stereocenters. The van der Waals surface area contributed by atoms with Gasteiger partial charge in [-0.25, -0.2) is 9.59 Å². The Labute approximate surface area is 103 Å². The van der Waals surface area contributed by atoms with Crippen LogP contribution < -0.4 is 4.90 Å². The molecule has 0 unspecified atom stereocenters. The minimum atomic E-state index is -1.25. The van der Waals surface area contributed by atoms with Crippen molar-refractivity contribution >= 4 is 17.7 Å². The van der Waals surface area contributed by atoms with E-state index in [-0.39, 0.29) is 11.4 Å². The molecule has 0 fully saturated rings. The van der Waals surface area contributed by atoms with Crippen LogP contribution in [0.2, 0.25) is 0 Å². The van der Waals surface area contributed by atoms with E-state index in [0.29, 0.717) is 18.7 Å². The summed E-state index contributed by atoms with van der Waals surface area (Å²) in [4.78, 5) is 24.2. The monoisotopic (exact) mass is 254 g/mol. The molecule has 98 valence electrons. The Bertz CT molecular complexity index is 500. The maximum atomic E-state index is 11.9. The summed E-state index contributed by atoms with van der Waals surface area (Å²) < 4.78 is 9.92. The Morgan fingerprint density at radius 1 is 1.44 bits per heavy atom. The Morgan fingerprint density at radius 2 is 2.11 bits per heavy atom. The average Bonchev–Trinajstić information content (AvgIpc) is 2.71. The van der Waals surface area contributed by atoms with Crippen LogP contribution in [-0.4, -0.2) is 34.5 Å². The number of hydrogen-bond acceptors (Lipinski definition) is 5.